The monoisotopic (exact) mass is 303 g/mol. The van der Waals surface area contributed by atoms with E-state index in [1.54, 1.807) is 0 Å². The minimum Gasteiger partial charge on any atom is -0.394 e. The number of rotatable bonds is 12. The average molecular weight is 303 g/mol. The molecule has 0 saturated carbocycles. The van der Waals surface area contributed by atoms with Crippen molar-refractivity contribution in [1.29, 1.82) is 0 Å². The quantitative estimate of drug-likeness (QED) is 0.326. The van der Waals surface area contributed by atoms with Crippen LogP contribution in [0.15, 0.2) is 0 Å². The Hall–Kier alpha value is -1.14. The second kappa shape index (κ2) is 13.8. The third-order valence-corrected chi connectivity index (χ3v) is 3.20. The molecule has 0 aromatic heterocycles. The van der Waals surface area contributed by atoms with Gasteiger partial charge in [-0.05, 0) is 6.42 Å². The molecule has 0 saturated heterocycles. The van der Waals surface area contributed by atoms with Crippen molar-refractivity contribution in [2.45, 2.75) is 77.2 Å². The van der Waals surface area contributed by atoms with Crippen LogP contribution in [0.25, 0.3) is 0 Å². The van der Waals surface area contributed by atoms with Crippen LogP contribution in [0, 0.1) is 0 Å². The van der Waals surface area contributed by atoms with Gasteiger partial charge in [0.15, 0.2) is 0 Å². The molecule has 0 aromatic rings. The topological polar surface area (TPSA) is 98.9 Å². The number of aliphatic hydroxyl groups excluding tert-OH is 1. The van der Waals surface area contributed by atoms with Crippen LogP contribution < -0.4 is 5.73 Å². The summed E-state index contributed by atoms with van der Waals surface area (Å²) < 4.78 is 0. The van der Waals surface area contributed by atoms with Crippen molar-refractivity contribution in [1.82, 2.24) is 0 Å². The number of carbonyl (C=O) groups excluding carboxylic acids is 2. The van der Waals surface area contributed by atoms with Crippen LogP contribution in [-0.2, 0) is 19.4 Å². The molecule has 0 heterocycles. The summed E-state index contributed by atoms with van der Waals surface area (Å²) in [5.74, 6) is -1.53. The van der Waals surface area contributed by atoms with Crippen LogP contribution in [0.2, 0.25) is 0 Å². The summed E-state index contributed by atoms with van der Waals surface area (Å²) in [5.41, 5.74) is 5.19. The standard InChI is InChI=1S/C15H29NO5/c1-2-3-4-5-6-7-8-9-10-11-14(18)20-21-15(19)13(16)12-17/h13,17H,2-12,16H2,1H3. The smallest absolute Gasteiger partial charge is 0.374 e. The Kier molecular flexibility index (Phi) is 13.1. The summed E-state index contributed by atoms with van der Waals surface area (Å²) >= 11 is 0. The largest absolute Gasteiger partial charge is 0.394 e. The molecule has 6 nitrogen and oxygen atoms in total. The first kappa shape index (κ1) is 19.9. The van der Waals surface area contributed by atoms with Crippen molar-refractivity contribution in [3.05, 3.63) is 0 Å². The van der Waals surface area contributed by atoms with Gasteiger partial charge in [0.1, 0.15) is 6.04 Å². The van der Waals surface area contributed by atoms with E-state index in [9.17, 15) is 9.59 Å². The van der Waals surface area contributed by atoms with E-state index >= 15 is 0 Å². The van der Waals surface area contributed by atoms with Gasteiger partial charge in [-0.15, -0.1) is 0 Å². The molecule has 0 aromatic carbocycles. The third kappa shape index (κ3) is 12.3. The lowest BCUT2D eigenvalue weighted by Crippen LogP contribution is -2.36. The minimum atomic E-state index is -1.18. The van der Waals surface area contributed by atoms with Gasteiger partial charge in [-0.25, -0.2) is 19.4 Å². The molecule has 6 heteroatoms. The molecule has 124 valence electrons. The number of hydrogen-bond acceptors (Lipinski definition) is 6. The molecule has 0 aliphatic heterocycles. The van der Waals surface area contributed by atoms with Gasteiger partial charge < -0.3 is 10.8 Å². The maximum Gasteiger partial charge on any atom is 0.374 e. The van der Waals surface area contributed by atoms with E-state index in [4.69, 9.17) is 10.8 Å². The van der Waals surface area contributed by atoms with Gasteiger partial charge in [-0.2, -0.15) is 0 Å². The van der Waals surface area contributed by atoms with E-state index in [1.165, 1.54) is 38.5 Å². The first-order chi connectivity index (χ1) is 10.1. The molecule has 0 rings (SSSR count). The highest BCUT2D eigenvalue weighted by molar-refractivity contribution is 5.76. The molecule has 0 amide bonds. The average Bonchev–Trinajstić information content (AvgIpc) is 2.50. The van der Waals surface area contributed by atoms with Crippen LogP contribution in [-0.4, -0.2) is 29.7 Å². The highest BCUT2D eigenvalue weighted by Crippen LogP contribution is 2.10. The van der Waals surface area contributed by atoms with Crippen molar-refractivity contribution < 1.29 is 24.5 Å². The number of aliphatic hydroxyl groups is 1. The Balaban J connectivity index is 3.36. The van der Waals surface area contributed by atoms with E-state index in [0.717, 1.165) is 19.3 Å². The van der Waals surface area contributed by atoms with Gasteiger partial charge in [0.2, 0.25) is 0 Å². The van der Waals surface area contributed by atoms with E-state index in [-0.39, 0.29) is 6.42 Å². The van der Waals surface area contributed by atoms with Crippen LogP contribution in [0.3, 0.4) is 0 Å². The maximum absolute atomic E-state index is 11.3. The van der Waals surface area contributed by atoms with Crippen molar-refractivity contribution in [3.63, 3.8) is 0 Å². The Morgan fingerprint density at radius 2 is 1.48 bits per heavy atom. The fourth-order valence-corrected chi connectivity index (χ4v) is 1.85. The van der Waals surface area contributed by atoms with Crippen molar-refractivity contribution >= 4 is 11.9 Å². The summed E-state index contributed by atoms with van der Waals surface area (Å²) in [6.07, 6.45) is 10.6. The fraction of sp³-hybridized carbons (Fsp3) is 0.867. The zero-order chi connectivity index (χ0) is 15.9. The van der Waals surface area contributed by atoms with Gasteiger partial charge in [0.25, 0.3) is 0 Å². The SMILES string of the molecule is CCCCCCCCCCCC(=O)OOC(=O)C(N)CO. The van der Waals surface area contributed by atoms with E-state index in [0.29, 0.717) is 0 Å². The lowest BCUT2D eigenvalue weighted by atomic mass is 10.1. The molecule has 0 aliphatic carbocycles. The number of carbonyl (C=O) groups is 2. The number of nitrogens with two attached hydrogens (primary N) is 1. The van der Waals surface area contributed by atoms with Crippen molar-refractivity contribution in [3.8, 4) is 0 Å². The number of unbranched alkanes of at least 4 members (excludes halogenated alkanes) is 8. The second-order valence-electron chi connectivity index (χ2n) is 5.23. The van der Waals surface area contributed by atoms with Gasteiger partial charge in [-0.1, -0.05) is 58.3 Å². The zero-order valence-electron chi connectivity index (χ0n) is 13.0. The summed E-state index contributed by atoms with van der Waals surface area (Å²) in [6, 6.07) is -1.18. The van der Waals surface area contributed by atoms with Crippen LogP contribution in [0.1, 0.15) is 71.1 Å². The Bertz CT molecular complexity index is 283. The second-order valence-corrected chi connectivity index (χ2v) is 5.23. The van der Waals surface area contributed by atoms with Gasteiger partial charge in [0, 0.05) is 0 Å². The van der Waals surface area contributed by atoms with Gasteiger partial charge in [0.05, 0.1) is 13.0 Å². The highest BCUT2D eigenvalue weighted by Gasteiger charge is 2.17. The zero-order valence-corrected chi connectivity index (χ0v) is 13.0. The summed E-state index contributed by atoms with van der Waals surface area (Å²) in [4.78, 5) is 30.8. The van der Waals surface area contributed by atoms with Crippen molar-refractivity contribution in [2.75, 3.05) is 6.61 Å². The van der Waals surface area contributed by atoms with E-state index in [2.05, 4.69) is 16.7 Å². The predicted molar refractivity (Wildman–Crippen MR) is 79.1 cm³/mol. The normalized spacial score (nSPS) is 12.0. The molecule has 0 fully saturated rings. The third-order valence-electron chi connectivity index (χ3n) is 3.20. The van der Waals surface area contributed by atoms with E-state index in [1.807, 2.05) is 0 Å². The summed E-state index contributed by atoms with van der Waals surface area (Å²) in [5, 5.41) is 8.60. The van der Waals surface area contributed by atoms with Gasteiger partial charge >= 0.3 is 11.9 Å². The lowest BCUT2D eigenvalue weighted by molar-refractivity contribution is -0.260. The molecular formula is C15H29NO5. The molecule has 1 unspecified atom stereocenters. The summed E-state index contributed by atoms with van der Waals surface area (Å²) in [7, 11) is 0. The minimum absolute atomic E-state index is 0.220. The molecule has 0 aliphatic rings. The Morgan fingerprint density at radius 3 is 2.00 bits per heavy atom. The van der Waals surface area contributed by atoms with Crippen LogP contribution >= 0.6 is 0 Å². The maximum atomic E-state index is 11.3. The molecule has 0 radical (unpaired) electrons. The number of hydrogen-bond donors (Lipinski definition) is 2. The molecule has 0 bridgehead atoms. The molecule has 21 heavy (non-hydrogen) atoms. The molecular weight excluding hydrogens is 274 g/mol. The first-order valence-corrected chi connectivity index (χ1v) is 7.89. The summed E-state index contributed by atoms with van der Waals surface area (Å²) in [6.45, 7) is 1.66. The van der Waals surface area contributed by atoms with E-state index < -0.39 is 24.6 Å². The molecule has 1 atom stereocenters. The highest BCUT2D eigenvalue weighted by atomic mass is 17.2. The molecule has 0 spiro atoms. The predicted octanol–water partition coefficient (Wildman–Crippen LogP) is 2.23. The lowest BCUT2D eigenvalue weighted by Gasteiger charge is -2.06. The fourth-order valence-electron chi connectivity index (χ4n) is 1.85. The van der Waals surface area contributed by atoms with Crippen molar-refractivity contribution in [2.24, 2.45) is 5.73 Å². The first-order valence-electron chi connectivity index (χ1n) is 7.89. The van der Waals surface area contributed by atoms with Gasteiger partial charge in [-0.3, -0.25) is 0 Å². The van der Waals surface area contributed by atoms with Crippen LogP contribution in [0.4, 0.5) is 0 Å². The molecule has 3 N–H and O–H groups in total. The Morgan fingerprint density at radius 1 is 0.952 bits per heavy atom. The Labute approximate surface area is 126 Å². The van der Waals surface area contributed by atoms with Crippen LogP contribution in [0.5, 0.6) is 0 Å².